The third kappa shape index (κ3) is 4.75. The number of nitrogens with one attached hydrogen (secondary N) is 1. The van der Waals surface area contributed by atoms with Gasteiger partial charge in [0.25, 0.3) is 5.89 Å². The van der Waals surface area contributed by atoms with Crippen molar-refractivity contribution in [2.75, 3.05) is 7.11 Å². The Morgan fingerprint density at radius 3 is 2.36 bits per heavy atom. The zero-order chi connectivity index (χ0) is 25.1. The number of allylic oxidation sites excluding steroid dienone is 1. The van der Waals surface area contributed by atoms with E-state index in [4.69, 9.17) is 26.5 Å². The molecule has 1 aromatic heterocycles. The van der Waals surface area contributed by atoms with Crippen LogP contribution in [0, 0.1) is 0 Å². The van der Waals surface area contributed by atoms with Crippen molar-refractivity contribution in [3.63, 3.8) is 0 Å². The molecule has 0 saturated carbocycles. The third-order valence-corrected chi connectivity index (χ3v) is 6.84. The quantitative estimate of drug-likeness (QED) is 0.307. The Bertz CT molecular complexity index is 1380. The fraction of sp³-hybridized carbons (Fsp3) is 0.207. The van der Waals surface area contributed by atoms with Crippen molar-refractivity contribution in [1.82, 2.24) is 20.4 Å². The van der Waals surface area contributed by atoms with E-state index in [1.54, 1.807) is 7.11 Å². The van der Waals surface area contributed by atoms with E-state index < -0.39 is 0 Å². The Kier molecular flexibility index (Phi) is 6.82. The molecule has 5 rings (SSSR count). The molecular formula is C29H28N4O2S. The van der Waals surface area contributed by atoms with Crippen LogP contribution in [0.2, 0.25) is 0 Å². The van der Waals surface area contributed by atoms with E-state index in [0.717, 1.165) is 40.1 Å². The van der Waals surface area contributed by atoms with Gasteiger partial charge in [-0.1, -0.05) is 66.7 Å². The van der Waals surface area contributed by atoms with E-state index in [-0.39, 0.29) is 6.04 Å². The molecule has 7 heteroatoms. The van der Waals surface area contributed by atoms with E-state index in [0.29, 0.717) is 23.4 Å². The second-order valence-corrected chi connectivity index (χ2v) is 9.09. The summed E-state index contributed by atoms with van der Waals surface area (Å²) in [7, 11) is 1.64. The van der Waals surface area contributed by atoms with Crippen LogP contribution in [0.5, 0.6) is 5.75 Å². The second kappa shape index (κ2) is 10.3. The van der Waals surface area contributed by atoms with Gasteiger partial charge in [0.05, 0.1) is 18.7 Å². The molecule has 1 unspecified atom stereocenters. The lowest BCUT2D eigenvalue weighted by molar-refractivity contribution is 0.396. The number of benzene rings is 3. The van der Waals surface area contributed by atoms with Crippen LogP contribution in [0.15, 0.2) is 89.1 Å². The van der Waals surface area contributed by atoms with Gasteiger partial charge in [-0.15, -0.1) is 0 Å². The molecule has 182 valence electrons. The highest BCUT2D eigenvalue weighted by atomic mass is 32.1. The van der Waals surface area contributed by atoms with Crippen LogP contribution in [0.25, 0.3) is 17.0 Å². The first kappa shape index (κ1) is 23.8. The van der Waals surface area contributed by atoms with E-state index in [2.05, 4.69) is 65.6 Å². The highest BCUT2D eigenvalue weighted by Gasteiger charge is 2.34. The molecule has 2 heterocycles. The summed E-state index contributed by atoms with van der Waals surface area (Å²) in [5.74, 6) is 1.77. The van der Waals surface area contributed by atoms with Crippen LogP contribution >= 0.6 is 12.2 Å². The number of hydrogen-bond acceptors (Lipinski definition) is 5. The first-order valence-electron chi connectivity index (χ1n) is 12.0. The molecule has 0 fully saturated rings. The number of ether oxygens (including phenoxy) is 1. The lowest BCUT2D eigenvalue weighted by Crippen LogP contribution is -2.45. The third-order valence-electron chi connectivity index (χ3n) is 6.51. The molecule has 0 saturated heterocycles. The van der Waals surface area contributed by atoms with Crippen molar-refractivity contribution in [2.45, 2.75) is 32.9 Å². The summed E-state index contributed by atoms with van der Waals surface area (Å²) in [5.41, 5.74) is 6.29. The predicted molar refractivity (Wildman–Crippen MR) is 145 cm³/mol. The molecule has 1 atom stereocenters. The number of methoxy groups -OCH3 is 1. The number of rotatable bonds is 7. The zero-order valence-corrected chi connectivity index (χ0v) is 21.4. The van der Waals surface area contributed by atoms with Gasteiger partial charge in [0.2, 0.25) is 5.82 Å². The summed E-state index contributed by atoms with van der Waals surface area (Å²) >= 11 is 5.84. The van der Waals surface area contributed by atoms with Crippen LogP contribution in [0.3, 0.4) is 0 Å². The maximum absolute atomic E-state index is 5.86. The number of aryl methyl sites for hydroxylation is 1. The minimum atomic E-state index is -0.209. The Morgan fingerprint density at radius 1 is 0.972 bits per heavy atom. The Balaban J connectivity index is 1.57. The van der Waals surface area contributed by atoms with Gasteiger partial charge in [-0.3, -0.25) is 0 Å². The highest BCUT2D eigenvalue weighted by Crippen LogP contribution is 2.38. The van der Waals surface area contributed by atoms with Gasteiger partial charge in [-0.05, 0) is 66.5 Å². The zero-order valence-electron chi connectivity index (χ0n) is 20.6. The van der Waals surface area contributed by atoms with E-state index >= 15 is 0 Å². The molecule has 4 aromatic rings. The molecule has 3 aromatic carbocycles. The van der Waals surface area contributed by atoms with Crippen LogP contribution in [-0.2, 0) is 13.0 Å². The Hall–Kier alpha value is -3.97. The van der Waals surface area contributed by atoms with Gasteiger partial charge in [-0.2, -0.15) is 4.98 Å². The minimum Gasteiger partial charge on any atom is -0.497 e. The van der Waals surface area contributed by atoms with Crippen molar-refractivity contribution < 1.29 is 9.26 Å². The molecule has 0 aliphatic carbocycles. The Morgan fingerprint density at radius 2 is 1.69 bits per heavy atom. The molecule has 6 nitrogen and oxygen atoms in total. The van der Waals surface area contributed by atoms with Crippen molar-refractivity contribution in [2.24, 2.45) is 0 Å². The molecule has 1 aliphatic rings. The van der Waals surface area contributed by atoms with Gasteiger partial charge >= 0.3 is 0 Å². The standard InChI is InChI=1S/C29H28N4O2S/c1-4-20-10-12-22(13-11-20)26-25(19(2)33(29(36)30-26)18-21-8-6-5-7-9-21)28-31-27(32-35-28)23-14-16-24(34-3)17-15-23/h5-17,26H,4,18H2,1-3H3,(H,30,36). The summed E-state index contributed by atoms with van der Waals surface area (Å²) < 4.78 is 11.1. The molecule has 0 bridgehead atoms. The van der Waals surface area contributed by atoms with E-state index in [9.17, 15) is 0 Å². The van der Waals surface area contributed by atoms with Gasteiger partial charge in [0.15, 0.2) is 5.11 Å². The van der Waals surface area contributed by atoms with Gasteiger partial charge < -0.3 is 19.5 Å². The summed E-state index contributed by atoms with van der Waals surface area (Å²) in [6, 6.07) is 26.3. The SMILES string of the molecule is CCc1ccc(C2NC(=S)N(Cc3ccccc3)C(C)=C2c2nc(-c3ccc(OC)cc3)no2)cc1. The van der Waals surface area contributed by atoms with Crippen LogP contribution in [0.1, 0.15) is 42.5 Å². The number of nitrogens with zero attached hydrogens (tertiary/aromatic N) is 3. The van der Waals surface area contributed by atoms with E-state index in [1.165, 1.54) is 5.56 Å². The maximum atomic E-state index is 5.86. The molecule has 1 N–H and O–H groups in total. The van der Waals surface area contributed by atoms with E-state index in [1.807, 2.05) is 42.5 Å². The number of thiocarbonyl (C=S) groups is 1. The summed E-state index contributed by atoms with van der Waals surface area (Å²) in [4.78, 5) is 6.89. The number of hydrogen-bond donors (Lipinski definition) is 1. The highest BCUT2D eigenvalue weighted by molar-refractivity contribution is 7.80. The van der Waals surface area contributed by atoms with Gasteiger partial charge in [-0.25, -0.2) is 0 Å². The second-order valence-electron chi connectivity index (χ2n) is 8.70. The normalized spacial score (nSPS) is 15.7. The molecule has 0 radical (unpaired) electrons. The summed E-state index contributed by atoms with van der Waals surface area (Å²) in [6.45, 7) is 4.86. The van der Waals surface area contributed by atoms with Gasteiger partial charge in [0.1, 0.15) is 5.75 Å². The maximum Gasteiger partial charge on any atom is 0.258 e. The van der Waals surface area contributed by atoms with Crippen molar-refractivity contribution >= 4 is 22.9 Å². The molecule has 0 spiro atoms. The fourth-order valence-corrected chi connectivity index (χ4v) is 4.72. The van der Waals surface area contributed by atoms with Crippen LogP contribution in [-0.4, -0.2) is 27.3 Å². The average Bonchev–Trinajstić information content (AvgIpc) is 3.41. The fourth-order valence-electron chi connectivity index (χ4n) is 4.40. The minimum absolute atomic E-state index is 0.209. The van der Waals surface area contributed by atoms with Crippen molar-refractivity contribution in [3.8, 4) is 17.1 Å². The summed E-state index contributed by atoms with van der Waals surface area (Å²) in [6.07, 6.45) is 0.984. The van der Waals surface area contributed by atoms with Crippen molar-refractivity contribution in [1.29, 1.82) is 0 Å². The number of aromatic nitrogens is 2. The lowest BCUT2D eigenvalue weighted by atomic mass is 9.93. The topological polar surface area (TPSA) is 63.4 Å². The van der Waals surface area contributed by atoms with Crippen LogP contribution in [0.4, 0.5) is 0 Å². The van der Waals surface area contributed by atoms with Gasteiger partial charge in [0, 0.05) is 17.8 Å². The summed E-state index contributed by atoms with van der Waals surface area (Å²) in [5, 5.41) is 8.50. The first-order chi connectivity index (χ1) is 17.6. The molecule has 0 amide bonds. The monoisotopic (exact) mass is 496 g/mol. The lowest BCUT2D eigenvalue weighted by Gasteiger charge is -2.37. The van der Waals surface area contributed by atoms with Crippen LogP contribution < -0.4 is 10.1 Å². The average molecular weight is 497 g/mol. The van der Waals surface area contributed by atoms with Crippen molar-refractivity contribution in [3.05, 3.63) is 107 Å². The first-order valence-corrected chi connectivity index (χ1v) is 12.4. The largest absolute Gasteiger partial charge is 0.497 e. The Labute approximate surface area is 216 Å². The smallest absolute Gasteiger partial charge is 0.258 e. The predicted octanol–water partition coefficient (Wildman–Crippen LogP) is 6.17. The molecular weight excluding hydrogens is 468 g/mol. The molecule has 1 aliphatic heterocycles. The molecule has 36 heavy (non-hydrogen) atoms.